The molecule has 3 atom stereocenters. The highest BCUT2D eigenvalue weighted by Crippen LogP contribution is 2.43. The Morgan fingerprint density at radius 3 is 2.08 bits per heavy atom. The minimum atomic E-state index is -1.03. The maximum atomic E-state index is 14.3. The molecule has 0 radical (unpaired) electrons. The van der Waals surface area contributed by atoms with Gasteiger partial charge in [0, 0.05) is 17.0 Å². The summed E-state index contributed by atoms with van der Waals surface area (Å²) in [6.07, 6.45) is 0. The van der Waals surface area contributed by atoms with Gasteiger partial charge < -0.3 is 10.1 Å². The summed E-state index contributed by atoms with van der Waals surface area (Å²) in [6, 6.07) is 31.2. The van der Waals surface area contributed by atoms with Crippen LogP contribution in [0.1, 0.15) is 48.7 Å². The van der Waals surface area contributed by atoms with Crippen molar-refractivity contribution in [1.29, 1.82) is 0 Å². The number of carbonyl (C=O) groups is 3. The van der Waals surface area contributed by atoms with Gasteiger partial charge in [-0.05, 0) is 42.0 Å². The summed E-state index contributed by atoms with van der Waals surface area (Å²) in [7, 11) is 1.58. The Labute approximate surface area is 225 Å². The van der Waals surface area contributed by atoms with E-state index in [0.717, 1.165) is 5.56 Å². The van der Waals surface area contributed by atoms with Gasteiger partial charge in [-0.25, -0.2) is 4.98 Å². The number of Topliss-reactive ketones (excluding diaryl/α,β-unsaturated/α-hetero) is 1. The number of nitrogens with one attached hydrogen (secondary N) is 1. The molecule has 4 aromatic carbocycles. The van der Waals surface area contributed by atoms with E-state index in [1.54, 1.807) is 73.8 Å². The minimum absolute atomic E-state index is 0.181. The quantitative estimate of drug-likeness (QED) is 0.312. The molecule has 0 saturated carbocycles. The van der Waals surface area contributed by atoms with E-state index in [2.05, 4.69) is 5.32 Å². The van der Waals surface area contributed by atoms with Crippen LogP contribution in [0.2, 0.25) is 0 Å². The summed E-state index contributed by atoms with van der Waals surface area (Å²) in [4.78, 5) is 46.7. The first-order valence-corrected chi connectivity index (χ1v) is 12.7. The second kappa shape index (κ2) is 10.0. The Kier molecular flexibility index (Phi) is 6.25. The second-order valence-electron chi connectivity index (χ2n) is 9.46. The number of hydrogen-bond acceptors (Lipinski definition) is 5. The van der Waals surface area contributed by atoms with Crippen LogP contribution in [0, 0.1) is 0 Å². The van der Waals surface area contributed by atoms with Gasteiger partial charge in [0.15, 0.2) is 5.78 Å². The van der Waals surface area contributed by atoms with Crippen molar-refractivity contribution in [2.45, 2.75) is 17.9 Å². The number of aromatic nitrogens is 2. The Morgan fingerprint density at radius 2 is 1.41 bits per heavy atom. The van der Waals surface area contributed by atoms with Gasteiger partial charge in [-0.3, -0.25) is 19.0 Å². The number of ether oxygens (including phenoxy) is 1. The van der Waals surface area contributed by atoms with Crippen molar-refractivity contribution in [3.05, 3.63) is 132 Å². The first kappa shape index (κ1) is 24.3. The number of carbonyl (C=O) groups excluding carboxylic acids is 3. The van der Waals surface area contributed by atoms with Crippen molar-refractivity contribution < 1.29 is 19.1 Å². The lowest BCUT2D eigenvalue weighted by atomic mass is 9.73. The predicted molar refractivity (Wildman–Crippen MR) is 147 cm³/mol. The van der Waals surface area contributed by atoms with Crippen LogP contribution < -0.4 is 10.1 Å². The number of ketones is 1. The standard InChI is InChI=1S/C32H25N3O4/c1-39-23-18-16-20(17-19-23)26-27(29(36)21-10-4-2-5-11-21)30-33-24-14-8-9-15-25(24)35(30)32(38)28(26)34-31(37)22-12-6-3-7-13-22/h2-19,26-28H,1H3,(H,34,37)/t26-,27-,28-/m0/s1. The Bertz CT molecular complexity index is 1680. The third kappa shape index (κ3) is 4.28. The highest BCUT2D eigenvalue weighted by atomic mass is 16.5. The number of nitrogens with zero attached hydrogens (tertiary/aromatic N) is 2. The van der Waals surface area contributed by atoms with Gasteiger partial charge in [0.25, 0.3) is 11.8 Å². The van der Waals surface area contributed by atoms with Gasteiger partial charge in [-0.1, -0.05) is 72.8 Å². The van der Waals surface area contributed by atoms with E-state index in [1.165, 1.54) is 4.57 Å². The summed E-state index contributed by atoms with van der Waals surface area (Å²) in [5, 5.41) is 2.97. The van der Waals surface area contributed by atoms with Crippen LogP contribution in [-0.2, 0) is 0 Å². The molecule has 2 heterocycles. The molecule has 7 nitrogen and oxygen atoms in total. The van der Waals surface area contributed by atoms with Gasteiger partial charge in [0.1, 0.15) is 17.6 Å². The van der Waals surface area contributed by atoms with Gasteiger partial charge >= 0.3 is 0 Å². The van der Waals surface area contributed by atoms with Gasteiger partial charge in [-0.15, -0.1) is 0 Å². The number of para-hydroxylation sites is 2. The number of fused-ring (bicyclic) bond motifs is 3. The smallest absolute Gasteiger partial charge is 0.255 e. The molecule has 0 fully saturated rings. The second-order valence-corrected chi connectivity index (χ2v) is 9.46. The van der Waals surface area contributed by atoms with E-state index in [1.807, 2.05) is 42.5 Å². The fourth-order valence-corrected chi connectivity index (χ4v) is 5.37. The summed E-state index contributed by atoms with van der Waals surface area (Å²) in [6.45, 7) is 0. The molecule has 192 valence electrons. The topological polar surface area (TPSA) is 90.3 Å². The lowest BCUT2D eigenvalue weighted by Crippen LogP contribution is -2.53. The van der Waals surface area contributed by atoms with Crippen molar-refractivity contribution in [2.75, 3.05) is 7.11 Å². The normalized spacial score (nSPS) is 18.4. The zero-order chi connectivity index (χ0) is 26.9. The number of amides is 1. The van der Waals surface area contributed by atoms with Crippen LogP contribution in [0.25, 0.3) is 11.0 Å². The number of hydrogen-bond donors (Lipinski definition) is 1. The summed E-state index contributed by atoms with van der Waals surface area (Å²) < 4.78 is 6.84. The van der Waals surface area contributed by atoms with Gasteiger partial charge in [0.05, 0.1) is 24.1 Å². The van der Waals surface area contributed by atoms with Crippen LogP contribution in [0.15, 0.2) is 109 Å². The predicted octanol–water partition coefficient (Wildman–Crippen LogP) is 5.25. The number of rotatable bonds is 6. The molecule has 0 saturated heterocycles. The number of methoxy groups -OCH3 is 1. The molecule has 1 aromatic heterocycles. The molecule has 0 bridgehead atoms. The van der Waals surface area contributed by atoms with Crippen molar-refractivity contribution in [2.24, 2.45) is 0 Å². The summed E-state index contributed by atoms with van der Waals surface area (Å²) in [5.41, 5.74) is 2.84. The largest absolute Gasteiger partial charge is 0.497 e. The minimum Gasteiger partial charge on any atom is -0.497 e. The van der Waals surface area contributed by atoms with Gasteiger partial charge in [-0.2, -0.15) is 0 Å². The zero-order valence-electron chi connectivity index (χ0n) is 21.2. The lowest BCUT2D eigenvalue weighted by molar-refractivity contribution is 0.0727. The third-order valence-corrected chi connectivity index (χ3v) is 7.23. The molecule has 0 aliphatic carbocycles. The molecule has 1 amide bonds. The molecule has 1 aliphatic rings. The van der Waals surface area contributed by atoms with E-state index in [9.17, 15) is 14.4 Å². The Balaban J connectivity index is 1.57. The molecule has 7 heteroatoms. The average Bonchev–Trinajstić information content (AvgIpc) is 3.38. The number of benzene rings is 4. The van der Waals surface area contributed by atoms with Crippen LogP contribution >= 0.6 is 0 Å². The summed E-state index contributed by atoms with van der Waals surface area (Å²) in [5.74, 6) is -1.48. The first-order valence-electron chi connectivity index (χ1n) is 12.7. The van der Waals surface area contributed by atoms with E-state index in [-0.39, 0.29) is 11.7 Å². The monoisotopic (exact) mass is 515 g/mol. The Morgan fingerprint density at radius 1 is 0.795 bits per heavy atom. The molecule has 5 aromatic rings. The molecule has 1 N–H and O–H groups in total. The molecule has 6 rings (SSSR count). The maximum Gasteiger partial charge on any atom is 0.255 e. The Hall–Kier alpha value is -5.04. The molecular formula is C32H25N3O4. The molecular weight excluding hydrogens is 490 g/mol. The van der Waals surface area contributed by atoms with Crippen LogP contribution in [0.5, 0.6) is 5.75 Å². The molecule has 39 heavy (non-hydrogen) atoms. The van der Waals surface area contributed by atoms with Crippen molar-refractivity contribution in [3.63, 3.8) is 0 Å². The number of imidazole rings is 1. The first-order chi connectivity index (χ1) is 19.1. The molecule has 1 aliphatic heterocycles. The summed E-state index contributed by atoms with van der Waals surface area (Å²) >= 11 is 0. The van der Waals surface area contributed by atoms with E-state index in [4.69, 9.17) is 9.72 Å². The fourth-order valence-electron chi connectivity index (χ4n) is 5.37. The third-order valence-electron chi connectivity index (χ3n) is 7.23. The van der Waals surface area contributed by atoms with Crippen molar-refractivity contribution >= 4 is 28.6 Å². The van der Waals surface area contributed by atoms with Crippen molar-refractivity contribution in [3.8, 4) is 5.75 Å². The average molecular weight is 516 g/mol. The zero-order valence-corrected chi connectivity index (χ0v) is 21.2. The van der Waals surface area contributed by atoms with E-state index in [0.29, 0.717) is 33.7 Å². The fraction of sp³-hybridized carbons (Fsp3) is 0.125. The lowest BCUT2D eigenvalue weighted by Gasteiger charge is -2.37. The van der Waals surface area contributed by atoms with Crippen LogP contribution in [-0.4, -0.2) is 40.3 Å². The molecule has 0 unspecified atom stereocenters. The maximum absolute atomic E-state index is 14.3. The highest BCUT2D eigenvalue weighted by Gasteiger charge is 2.49. The molecule has 0 spiro atoms. The van der Waals surface area contributed by atoms with Crippen LogP contribution in [0.3, 0.4) is 0 Å². The highest BCUT2D eigenvalue weighted by molar-refractivity contribution is 6.07. The van der Waals surface area contributed by atoms with Gasteiger partial charge in [0.2, 0.25) is 0 Å². The van der Waals surface area contributed by atoms with E-state index >= 15 is 0 Å². The van der Waals surface area contributed by atoms with Crippen LogP contribution in [0.4, 0.5) is 0 Å². The SMILES string of the molecule is COc1ccc([C@@H]2[C@H](NC(=O)c3ccccc3)C(=O)n3c(nc4ccccc43)[C@@H]2C(=O)c2ccccc2)cc1. The van der Waals surface area contributed by atoms with Crippen molar-refractivity contribution in [1.82, 2.24) is 14.9 Å². The van der Waals surface area contributed by atoms with E-state index < -0.39 is 23.8 Å².